The van der Waals surface area contributed by atoms with Crippen molar-refractivity contribution in [3.63, 3.8) is 0 Å². The predicted octanol–water partition coefficient (Wildman–Crippen LogP) is 1.11. The maximum absolute atomic E-state index is 12.2. The number of carbonyl (C=O) groups is 1. The zero-order valence-electron chi connectivity index (χ0n) is 10.7. The minimum absolute atomic E-state index is 0.0709. The molecule has 1 aliphatic rings. The van der Waals surface area contributed by atoms with Crippen LogP contribution in [0.2, 0.25) is 0 Å². The summed E-state index contributed by atoms with van der Waals surface area (Å²) in [6.45, 7) is 1.08. The Kier molecular flexibility index (Phi) is 4.33. The smallest absolute Gasteiger partial charge is 0.240 e. The molecule has 1 aromatic rings. The Morgan fingerprint density at radius 1 is 1.33 bits per heavy atom. The summed E-state index contributed by atoms with van der Waals surface area (Å²) in [5, 5.41) is 9.02. The van der Waals surface area contributed by atoms with E-state index in [9.17, 15) is 4.79 Å². The quantitative estimate of drug-likeness (QED) is 0.820. The number of carbonyl (C=O) groups excluding carboxylic acids is 1. The van der Waals surface area contributed by atoms with Gasteiger partial charge in [0.25, 0.3) is 0 Å². The van der Waals surface area contributed by atoms with E-state index in [0.717, 1.165) is 18.5 Å². The molecule has 0 aromatic heterocycles. The number of nitrogens with zero attached hydrogens (tertiary/aromatic N) is 2. The number of benzene rings is 1. The first-order valence-electron chi connectivity index (χ1n) is 6.39. The molecule has 0 heterocycles. The summed E-state index contributed by atoms with van der Waals surface area (Å²) in [5.41, 5.74) is 0.905. The molecule has 4 heteroatoms. The number of likely N-dealkylation sites (N-methyl/N-ethyl adjacent to an activating group) is 1. The molecule has 1 aliphatic carbocycles. The van der Waals surface area contributed by atoms with Crippen LogP contribution in [0.25, 0.3) is 0 Å². The Morgan fingerprint density at radius 3 is 2.56 bits per heavy atom. The first-order chi connectivity index (χ1) is 8.72. The van der Waals surface area contributed by atoms with Gasteiger partial charge in [-0.3, -0.25) is 9.69 Å². The van der Waals surface area contributed by atoms with Crippen LogP contribution in [0.15, 0.2) is 30.3 Å². The van der Waals surface area contributed by atoms with E-state index in [4.69, 9.17) is 5.11 Å². The summed E-state index contributed by atoms with van der Waals surface area (Å²) < 4.78 is 0. The van der Waals surface area contributed by atoms with Gasteiger partial charge in [0.1, 0.15) is 0 Å². The fourth-order valence-electron chi connectivity index (χ4n) is 2.03. The van der Waals surface area contributed by atoms with E-state index in [1.54, 1.807) is 11.9 Å². The van der Waals surface area contributed by atoms with Crippen LogP contribution in [-0.4, -0.2) is 48.7 Å². The highest BCUT2D eigenvalue weighted by Crippen LogP contribution is 2.26. The molecule has 0 unspecified atom stereocenters. The molecule has 18 heavy (non-hydrogen) atoms. The topological polar surface area (TPSA) is 43.8 Å². The van der Waals surface area contributed by atoms with Gasteiger partial charge in [-0.2, -0.15) is 0 Å². The summed E-state index contributed by atoms with van der Waals surface area (Å²) in [6.07, 6.45) is 2.28. The predicted molar refractivity (Wildman–Crippen MR) is 71.5 cm³/mol. The number of hydrogen-bond acceptors (Lipinski definition) is 3. The molecule has 4 nitrogen and oxygen atoms in total. The molecule has 1 amide bonds. The molecule has 0 saturated heterocycles. The highest BCUT2D eigenvalue weighted by molar-refractivity contribution is 5.94. The lowest BCUT2D eigenvalue weighted by Gasteiger charge is -2.24. The van der Waals surface area contributed by atoms with E-state index >= 15 is 0 Å². The number of amides is 1. The van der Waals surface area contributed by atoms with Gasteiger partial charge in [-0.05, 0) is 25.0 Å². The number of aliphatic hydroxyl groups excluding tert-OH is 1. The zero-order valence-corrected chi connectivity index (χ0v) is 10.7. The van der Waals surface area contributed by atoms with Gasteiger partial charge in [-0.25, -0.2) is 0 Å². The van der Waals surface area contributed by atoms with Gasteiger partial charge in [-0.15, -0.1) is 0 Å². The maximum atomic E-state index is 12.2. The van der Waals surface area contributed by atoms with E-state index < -0.39 is 0 Å². The van der Waals surface area contributed by atoms with E-state index in [1.165, 1.54) is 0 Å². The number of hydrogen-bond donors (Lipinski definition) is 1. The first-order valence-corrected chi connectivity index (χ1v) is 6.39. The summed E-state index contributed by atoms with van der Waals surface area (Å²) in [4.78, 5) is 15.9. The minimum atomic E-state index is 0.0709. The second kappa shape index (κ2) is 5.98. The van der Waals surface area contributed by atoms with E-state index in [-0.39, 0.29) is 12.5 Å². The molecular weight excluding hydrogens is 228 g/mol. The fourth-order valence-corrected chi connectivity index (χ4v) is 2.03. The number of para-hydroxylation sites is 1. The van der Waals surface area contributed by atoms with Gasteiger partial charge < -0.3 is 10.0 Å². The van der Waals surface area contributed by atoms with Crippen molar-refractivity contribution in [3.8, 4) is 0 Å². The van der Waals surface area contributed by atoms with Crippen molar-refractivity contribution in [1.82, 2.24) is 4.90 Å². The third-order valence-corrected chi connectivity index (χ3v) is 3.31. The molecule has 0 bridgehead atoms. The molecule has 0 atom stereocenters. The SMILES string of the molecule is CN(C(=O)CN(CCO)C1CC1)c1ccccc1. The fraction of sp³-hybridized carbons (Fsp3) is 0.500. The average Bonchev–Trinajstić information content (AvgIpc) is 3.22. The van der Waals surface area contributed by atoms with E-state index in [1.807, 2.05) is 30.3 Å². The summed E-state index contributed by atoms with van der Waals surface area (Å²) in [6, 6.07) is 10.1. The van der Waals surface area contributed by atoms with Crippen molar-refractivity contribution in [1.29, 1.82) is 0 Å². The van der Waals surface area contributed by atoms with Gasteiger partial charge in [0.15, 0.2) is 0 Å². The van der Waals surface area contributed by atoms with Crippen LogP contribution in [0.1, 0.15) is 12.8 Å². The molecular formula is C14H20N2O2. The Bertz CT molecular complexity index is 390. The Labute approximate surface area is 108 Å². The number of rotatable bonds is 6. The lowest BCUT2D eigenvalue weighted by atomic mass is 10.3. The van der Waals surface area contributed by atoms with Gasteiger partial charge in [-0.1, -0.05) is 18.2 Å². The molecule has 1 fully saturated rings. The van der Waals surface area contributed by atoms with E-state index in [2.05, 4.69) is 4.90 Å². The Morgan fingerprint density at radius 2 is 2.00 bits per heavy atom. The minimum Gasteiger partial charge on any atom is -0.395 e. The van der Waals surface area contributed by atoms with Crippen LogP contribution >= 0.6 is 0 Å². The van der Waals surface area contributed by atoms with Crippen LogP contribution in [0.4, 0.5) is 5.69 Å². The maximum Gasteiger partial charge on any atom is 0.240 e. The van der Waals surface area contributed by atoms with Crippen molar-refractivity contribution in [2.75, 3.05) is 31.6 Å². The summed E-state index contributed by atoms with van der Waals surface area (Å²) >= 11 is 0. The molecule has 1 N–H and O–H groups in total. The summed E-state index contributed by atoms with van der Waals surface area (Å²) in [7, 11) is 1.79. The molecule has 0 spiro atoms. The van der Waals surface area contributed by atoms with Crippen LogP contribution < -0.4 is 4.90 Å². The third-order valence-electron chi connectivity index (χ3n) is 3.31. The molecule has 98 valence electrons. The molecule has 0 aliphatic heterocycles. The standard InChI is InChI=1S/C14H20N2O2/c1-15(12-5-3-2-4-6-12)14(18)11-16(9-10-17)13-7-8-13/h2-6,13,17H,7-11H2,1H3. The van der Waals surface area contributed by atoms with Crippen molar-refractivity contribution < 1.29 is 9.90 Å². The van der Waals surface area contributed by atoms with E-state index in [0.29, 0.717) is 19.1 Å². The van der Waals surface area contributed by atoms with Crippen LogP contribution in [0, 0.1) is 0 Å². The monoisotopic (exact) mass is 248 g/mol. The third kappa shape index (κ3) is 3.31. The van der Waals surface area contributed by atoms with Gasteiger partial charge in [0, 0.05) is 25.3 Å². The molecule has 1 saturated carbocycles. The lowest BCUT2D eigenvalue weighted by molar-refractivity contribution is -0.119. The van der Waals surface area contributed by atoms with Gasteiger partial charge in [0.05, 0.1) is 13.2 Å². The number of aliphatic hydroxyl groups is 1. The van der Waals surface area contributed by atoms with Crippen LogP contribution in [0.3, 0.4) is 0 Å². The molecule has 2 rings (SSSR count). The lowest BCUT2D eigenvalue weighted by Crippen LogP contribution is -2.40. The average molecular weight is 248 g/mol. The molecule has 0 radical (unpaired) electrons. The van der Waals surface area contributed by atoms with Crippen LogP contribution in [-0.2, 0) is 4.79 Å². The van der Waals surface area contributed by atoms with Crippen LogP contribution in [0.5, 0.6) is 0 Å². The largest absolute Gasteiger partial charge is 0.395 e. The molecule has 1 aromatic carbocycles. The Hall–Kier alpha value is -1.39. The number of anilines is 1. The normalized spacial score (nSPS) is 14.8. The second-order valence-electron chi connectivity index (χ2n) is 4.71. The van der Waals surface area contributed by atoms with Gasteiger partial charge in [0.2, 0.25) is 5.91 Å². The van der Waals surface area contributed by atoms with Crippen molar-refractivity contribution >= 4 is 11.6 Å². The Balaban J connectivity index is 1.94. The van der Waals surface area contributed by atoms with Gasteiger partial charge >= 0.3 is 0 Å². The van der Waals surface area contributed by atoms with Crippen molar-refractivity contribution in [3.05, 3.63) is 30.3 Å². The van der Waals surface area contributed by atoms with Crippen molar-refractivity contribution in [2.24, 2.45) is 0 Å². The van der Waals surface area contributed by atoms with Crippen molar-refractivity contribution in [2.45, 2.75) is 18.9 Å². The first kappa shape index (κ1) is 13.1. The highest BCUT2D eigenvalue weighted by Gasteiger charge is 2.30. The zero-order chi connectivity index (χ0) is 13.0. The summed E-state index contributed by atoms with van der Waals surface area (Å²) in [5.74, 6) is 0.0709. The second-order valence-corrected chi connectivity index (χ2v) is 4.71. The highest BCUT2D eigenvalue weighted by atomic mass is 16.3.